The van der Waals surface area contributed by atoms with Crippen LogP contribution in [0.4, 0.5) is 4.79 Å². The molecule has 0 saturated carbocycles. The van der Waals surface area contributed by atoms with Crippen molar-refractivity contribution in [1.29, 1.82) is 0 Å². The van der Waals surface area contributed by atoms with Gasteiger partial charge in [0.15, 0.2) is 0 Å². The molecule has 0 aliphatic carbocycles. The van der Waals surface area contributed by atoms with Crippen LogP contribution in [0.3, 0.4) is 0 Å². The lowest BCUT2D eigenvalue weighted by molar-refractivity contribution is -0.149. The Balaban J connectivity index is 2.30. The second-order valence-electron chi connectivity index (χ2n) is 2.78. The summed E-state index contributed by atoms with van der Waals surface area (Å²) in [5.74, 6) is -0.479. The molecule has 0 unspecified atom stereocenters. The highest BCUT2D eigenvalue weighted by atomic mass is 16.5. The summed E-state index contributed by atoms with van der Waals surface area (Å²) in [7, 11) is 0. The highest BCUT2D eigenvalue weighted by Gasteiger charge is 2.47. The first-order valence-corrected chi connectivity index (χ1v) is 3.55. The van der Waals surface area contributed by atoms with Gasteiger partial charge in [0.1, 0.15) is 6.04 Å². The van der Waals surface area contributed by atoms with E-state index in [0.29, 0.717) is 13.0 Å². The normalized spacial score (nSPS) is 30.1. The van der Waals surface area contributed by atoms with Crippen molar-refractivity contribution in [3.05, 3.63) is 0 Å². The number of amides is 3. The molecule has 60 valence electrons. The number of hydrogen-bond acceptors (Lipinski definition) is 3. The molecule has 2 rings (SSSR count). The summed E-state index contributed by atoms with van der Waals surface area (Å²) in [6.45, 7) is 0.590. The molecule has 2 aliphatic rings. The van der Waals surface area contributed by atoms with Crippen LogP contribution in [0.5, 0.6) is 0 Å². The lowest BCUT2D eigenvalue weighted by Crippen LogP contribution is -2.30. The number of rotatable bonds is 0. The van der Waals surface area contributed by atoms with E-state index in [1.807, 2.05) is 0 Å². The van der Waals surface area contributed by atoms with Gasteiger partial charge in [-0.1, -0.05) is 0 Å². The van der Waals surface area contributed by atoms with Crippen LogP contribution in [-0.4, -0.2) is 39.7 Å². The quantitative estimate of drug-likeness (QED) is 0.390. The van der Waals surface area contributed by atoms with Crippen molar-refractivity contribution in [3.8, 4) is 0 Å². The van der Waals surface area contributed by atoms with Crippen LogP contribution in [0.2, 0.25) is 0 Å². The molecule has 1 N–H and O–H groups in total. The molecule has 0 radical (unpaired) electrons. The average Bonchev–Trinajstić information content (AvgIpc) is 2.53. The summed E-state index contributed by atoms with van der Waals surface area (Å²) in [5, 5.41) is 9.08. The number of imide groups is 1. The summed E-state index contributed by atoms with van der Waals surface area (Å²) in [4.78, 5) is 23.4. The van der Waals surface area contributed by atoms with E-state index in [0.717, 1.165) is 6.42 Å². The van der Waals surface area contributed by atoms with Crippen molar-refractivity contribution in [2.75, 3.05) is 6.54 Å². The third-order valence-electron chi connectivity index (χ3n) is 2.17. The summed E-state index contributed by atoms with van der Waals surface area (Å²) in [6.07, 6.45) is 1.54. The van der Waals surface area contributed by atoms with E-state index in [1.165, 1.54) is 4.90 Å². The number of carbonyl (C=O) groups is 2. The minimum absolute atomic E-state index is 0.212. The highest BCUT2D eigenvalue weighted by Crippen LogP contribution is 2.25. The Kier molecular flexibility index (Phi) is 1.17. The minimum atomic E-state index is -0.572. The fourth-order valence-corrected chi connectivity index (χ4v) is 1.61. The maximum absolute atomic E-state index is 11.0. The molecule has 0 aromatic carbocycles. The predicted octanol–water partition coefficient (Wildman–Crippen LogP) is -0.198. The van der Waals surface area contributed by atoms with Crippen molar-refractivity contribution in [2.24, 2.45) is 0 Å². The first-order valence-electron chi connectivity index (χ1n) is 3.55. The van der Waals surface area contributed by atoms with Gasteiger partial charge in [-0.25, -0.2) is 4.79 Å². The van der Waals surface area contributed by atoms with Crippen LogP contribution in [0.25, 0.3) is 0 Å². The van der Waals surface area contributed by atoms with Gasteiger partial charge in [0.2, 0.25) is 0 Å². The molecular weight excluding hydrogens is 148 g/mol. The molecule has 3 amide bonds. The van der Waals surface area contributed by atoms with Gasteiger partial charge in [0.05, 0.1) is 0 Å². The molecule has 0 spiro atoms. The molecule has 0 aromatic rings. The molecule has 2 saturated heterocycles. The Bertz CT molecular complexity index is 206. The molecule has 5 nitrogen and oxygen atoms in total. The minimum Gasteiger partial charge on any atom is -0.310 e. The third kappa shape index (κ3) is 0.683. The van der Waals surface area contributed by atoms with Gasteiger partial charge >= 0.3 is 6.03 Å². The van der Waals surface area contributed by atoms with E-state index >= 15 is 0 Å². The van der Waals surface area contributed by atoms with E-state index in [1.54, 1.807) is 0 Å². The molecular formula is C6H8N2O3. The van der Waals surface area contributed by atoms with Crippen molar-refractivity contribution in [2.45, 2.75) is 18.9 Å². The number of fused-ring (bicyclic) bond motifs is 1. The van der Waals surface area contributed by atoms with Crippen molar-refractivity contribution in [3.63, 3.8) is 0 Å². The van der Waals surface area contributed by atoms with Crippen LogP contribution >= 0.6 is 0 Å². The van der Waals surface area contributed by atoms with E-state index in [4.69, 9.17) is 5.21 Å². The maximum Gasteiger partial charge on any atom is 0.351 e. The van der Waals surface area contributed by atoms with E-state index in [-0.39, 0.29) is 11.1 Å². The van der Waals surface area contributed by atoms with Crippen LogP contribution in [0.15, 0.2) is 0 Å². The molecule has 2 fully saturated rings. The Hall–Kier alpha value is -1.10. The van der Waals surface area contributed by atoms with Gasteiger partial charge in [-0.15, -0.1) is 5.06 Å². The molecule has 5 heteroatoms. The van der Waals surface area contributed by atoms with Crippen molar-refractivity contribution in [1.82, 2.24) is 9.96 Å². The summed E-state index contributed by atoms with van der Waals surface area (Å²) < 4.78 is 0. The summed E-state index contributed by atoms with van der Waals surface area (Å²) >= 11 is 0. The van der Waals surface area contributed by atoms with Gasteiger partial charge in [-0.05, 0) is 12.8 Å². The number of hydroxylamine groups is 2. The van der Waals surface area contributed by atoms with Crippen molar-refractivity contribution < 1.29 is 14.8 Å². The third-order valence-corrected chi connectivity index (χ3v) is 2.17. The lowest BCUT2D eigenvalue weighted by atomic mass is 10.2. The lowest BCUT2D eigenvalue weighted by Gasteiger charge is -2.09. The fraction of sp³-hybridized carbons (Fsp3) is 0.667. The van der Waals surface area contributed by atoms with E-state index in [2.05, 4.69) is 0 Å². The highest BCUT2D eigenvalue weighted by molar-refractivity contribution is 6.03. The average molecular weight is 156 g/mol. The van der Waals surface area contributed by atoms with Gasteiger partial charge in [0, 0.05) is 6.54 Å². The second kappa shape index (κ2) is 1.94. The smallest absolute Gasteiger partial charge is 0.310 e. The van der Waals surface area contributed by atoms with Crippen molar-refractivity contribution >= 4 is 11.9 Å². The first kappa shape index (κ1) is 6.60. The topological polar surface area (TPSA) is 60.9 Å². The SMILES string of the molecule is O=C1[C@@H]2CCCN2C(=O)N1O. The number of urea groups is 1. The summed E-state index contributed by atoms with van der Waals surface area (Å²) in [5.41, 5.74) is 0. The van der Waals surface area contributed by atoms with E-state index < -0.39 is 11.9 Å². The first-order chi connectivity index (χ1) is 5.22. The number of hydrogen-bond donors (Lipinski definition) is 1. The molecule has 1 atom stereocenters. The van der Waals surface area contributed by atoms with Crippen LogP contribution in [0, 0.1) is 0 Å². The fourth-order valence-electron chi connectivity index (χ4n) is 1.61. The molecule has 2 aliphatic heterocycles. The van der Waals surface area contributed by atoms with Crippen LogP contribution < -0.4 is 0 Å². The maximum atomic E-state index is 11.0. The molecule has 11 heavy (non-hydrogen) atoms. The number of nitrogens with zero attached hydrogens (tertiary/aromatic N) is 2. The molecule has 2 heterocycles. The van der Waals surface area contributed by atoms with Gasteiger partial charge < -0.3 is 4.90 Å². The Morgan fingerprint density at radius 1 is 1.45 bits per heavy atom. The Labute approximate surface area is 63.1 Å². The Morgan fingerprint density at radius 3 is 2.82 bits per heavy atom. The summed E-state index contributed by atoms with van der Waals surface area (Å²) in [6, 6.07) is -0.954. The van der Waals surface area contributed by atoms with E-state index in [9.17, 15) is 9.59 Å². The standard InChI is InChI=1S/C6H8N2O3/c9-5-4-2-1-3-7(4)6(10)8(5)11/h4,11H,1-3H2/t4-/m0/s1. The zero-order valence-electron chi connectivity index (χ0n) is 5.86. The predicted molar refractivity (Wildman–Crippen MR) is 33.8 cm³/mol. The van der Waals surface area contributed by atoms with Gasteiger partial charge in [0.25, 0.3) is 5.91 Å². The zero-order valence-corrected chi connectivity index (χ0v) is 5.86. The zero-order chi connectivity index (χ0) is 8.01. The second-order valence-corrected chi connectivity index (χ2v) is 2.78. The molecule has 0 aromatic heterocycles. The van der Waals surface area contributed by atoms with Crippen LogP contribution in [0.1, 0.15) is 12.8 Å². The van der Waals surface area contributed by atoms with Gasteiger partial charge in [-0.3, -0.25) is 10.0 Å². The van der Waals surface area contributed by atoms with Gasteiger partial charge in [-0.2, -0.15) is 0 Å². The van der Waals surface area contributed by atoms with Crippen LogP contribution in [-0.2, 0) is 4.79 Å². The monoisotopic (exact) mass is 156 g/mol. The molecule has 0 bridgehead atoms. The Morgan fingerprint density at radius 2 is 2.18 bits per heavy atom. The largest absolute Gasteiger partial charge is 0.351 e. The number of carbonyl (C=O) groups excluding carboxylic acids is 2.